The number of ether oxygens (including phenoxy) is 1. The van der Waals surface area contributed by atoms with E-state index in [4.69, 9.17) is 4.74 Å². The summed E-state index contributed by atoms with van der Waals surface area (Å²) < 4.78 is 8.55. The molecule has 0 atom stereocenters. The maximum atomic E-state index is 5.66. The smallest absolute Gasteiger partial charge is 0.0964 e. The quantitative estimate of drug-likeness (QED) is 0.742. The molecule has 0 aliphatic heterocycles. The van der Waals surface area contributed by atoms with Crippen LogP contribution < -0.4 is 5.32 Å². The van der Waals surface area contributed by atoms with Gasteiger partial charge in [0.1, 0.15) is 0 Å². The molecule has 5 nitrogen and oxygen atoms in total. The molecule has 21 heavy (non-hydrogen) atoms. The van der Waals surface area contributed by atoms with Crippen LogP contribution in [0.1, 0.15) is 25.1 Å². The van der Waals surface area contributed by atoms with Gasteiger partial charge < -0.3 is 10.1 Å². The lowest BCUT2D eigenvalue weighted by Gasteiger charge is -2.05. The first-order chi connectivity index (χ1) is 10.1. The lowest BCUT2D eigenvalue weighted by atomic mass is 10.2. The second-order valence-corrected chi connectivity index (χ2v) is 6.11. The van der Waals surface area contributed by atoms with Crippen LogP contribution in [0.4, 0.5) is 0 Å². The van der Waals surface area contributed by atoms with Crippen molar-refractivity contribution in [1.29, 1.82) is 0 Å². The van der Waals surface area contributed by atoms with Crippen LogP contribution in [-0.2, 0) is 24.4 Å². The highest BCUT2D eigenvalue weighted by Crippen LogP contribution is 2.12. The van der Waals surface area contributed by atoms with Crippen LogP contribution in [0.15, 0.2) is 34.9 Å². The standard InChI is InChI=1S/C15H21BrN4O/c1-12(2)17-9-15-10-20(19-18-15)6-7-21-11-13-4-3-5-14(16)8-13/h3-5,8,10,12,17H,6-7,9,11H2,1-2H3. The van der Waals surface area contributed by atoms with Crippen LogP contribution in [0.25, 0.3) is 0 Å². The molecule has 0 radical (unpaired) electrons. The fraction of sp³-hybridized carbons (Fsp3) is 0.467. The van der Waals surface area contributed by atoms with Crippen molar-refractivity contribution >= 4 is 15.9 Å². The summed E-state index contributed by atoms with van der Waals surface area (Å²) in [6.45, 7) is 6.91. The molecule has 0 spiro atoms. The summed E-state index contributed by atoms with van der Waals surface area (Å²) in [4.78, 5) is 0. The van der Waals surface area contributed by atoms with Gasteiger partial charge in [0, 0.05) is 23.3 Å². The topological polar surface area (TPSA) is 52.0 Å². The van der Waals surface area contributed by atoms with E-state index in [1.54, 1.807) is 0 Å². The van der Waals surface area contributed by atoms with Gasteiger partial charge in [-0.3, -0.25) is 0 Å². The van der Waals surface area contributed by atoms with Crippen molar-refractivity contribution < 1.29 is 4.74 Å². The third-order valence-corrected chi connectivity index (χ3v) is 3.39. The minimum Gasteiger partial charge on any atom is -0.375 e. The molecule has 6 heteroatoms. The molecule has 0 aliphatic rings. The molecule has 0 saturated carbocycles. The summed E-state index contributed by atoms with van der Waals surface area (Å²) in [7, 11) is 0. The van der Waals surface area contributed by atoms with E-state index in [0.717, 1.165) is 22.3 Å². The Morgan fingerprint density at radius 3 is 3.00 bits per heavy atom. The zero-order valence-electron chi connectivity index (χ0n) is 12.4. The molecular formula is C15H21BrN4O. The summed E-state index contributed by atoms with van der Waals surface area (Å²) in [6.07, 6.45) is 1.96. The van der Waals surface area contributed by atoms with Crippen molar-refractivity contribution in [2.24, 2.45) is 0 Å². The molecule has 1 heterocycles. The Morgan fingerprint density at radius 1 is 1.38 bits per heavy atom. The Labute approximate surface area is 133 Å². The van der Waals surface area contributed by atoms with Gasteiger partial charge in [0.2, 0.25) is 0 Å². The summed E-state index contributed by atoms with van der Waals surface area (Å²) in [5.41, 5.74) is 2.11. The largest absolute Gasteiger partial charge is 0.375 e. The summed E-state index contributed by atoms with van der Waals surface area (Å²) in [6, 6.07) is 8.57. The van der Waals surface area contributed by atoms with Gasteiger partial charge in [0.15, 0.2) is 0 Å². The number of nitrogens with one attached hydrogen (secondary N) is 1. The van der Waals surface area contributed by atoms with Gasteiger partial charge in [-0.05, 0) is 17.7 Å². The highest BCUT2D eigenvalue weighted by Gasteiger charge is 2.02. The Morgan fingerprint density at radius 2 is 2.24 bits per heavy atom. The molecule has 0 amide bonds. The lowest BCUT2D eigenvalue weighted by Crippen LogP contribution is -2.21. The highest BCUT2D eigenvalue weighted by atomic mass is 79.9. The number of aromatic nitrogens is 3. The van der Waals surface area contributed by atoms with Crippen LogP contribution in [0.2, 0.25) is 0 Å². The molecule has 1 aromatic heterocycles. The first-order valence-corrected chi connectivity index (χ1v) is 7.87. The molecular weight excluding hydrogens is 332 g/mol. The summed E-state index contributed by atoms with van der Waals surface area (Å²) in [5.74, 6) is 0. The van der Waals surface area contributed by atoms with Gasteiger partial charge in [-0.1, -0.05) is 47.1 Å². The number of hydrogen-bond donors (Lipinski definition) is 1. The normalized spacial score (nSPS) is 11.2. The van der Waals surface area contributed by atoms with E-state index in [1.165, 1.54) is 0 Å². The van der Waals surface area contributed by atoms with Crippen molar-refractivity contribution in [3.05, 3.63) is 46.2 Å². The minimum atomic E-state index is 0.448. The molecule has 1 aromatic carbocycles. The maximum Gasteiger partial charge on any atom is 0.0964 e. The molecule has 0 unspecified atom stereocenters. The lowest BCUT2D eigenvalue weighted by molar-refractivity contribution is 0.110. The summed E-state index contributed by atoms with van der Waals surface area (Å²) in [5, 5.41) is 11.5. The number of nitrogens with zero attached hydrogens (tertiary/aromatic N) is 3. The Bertz CT molecular complexity index is 556. The van der Waals surface area contributed by atoms with Gasteiger partial charge in [0.25, 0.3) is 0 Å². The van der Waals surface area contributed by atoms with E-state index in [9.17, 15) is 0 Å². The molecule has 0 bridgehead atoms. The average molecular weight is 353 g/mol. The third-order valence-electron chi connectivity index (χ3n) is 2.90. The Kier molecular flexibility index (Phi) is 6.35. The molecule has 0 aliphatic carbocycles. The Hall–Kier alpha value is -1.24. The second-order valence-electron chi connectivity index (χ2n) is 5.19. The molecule has 2 rings (SSSR count). The van der Waals surface area contributed by atoms with E-state index >= 15 is 0 Å². The predicted molar refractivity (Wildman–Crippen MR) is 85.8 cm³/mol. The van der Waals surface area contributed by atoms with Crippen LogP contribution in [0.3, 0.4) is 0 Å². The number of benzene rings is 1. The van der Waals surface area contributed by atoms with Gasteiger partial charge in [-0.25, -0.2) is 4.68 Å². The zero-order valence-corrected chi connectivity index (χ0v) is 14.0. The van der Waals surface area contributed by atoms with E-state index in [1.807, 2.05) is 23.0 Å². The fourth-order valence-corrected chi connectivity index (χ4v) is 2.26. The van der Waals surface area contributed by atoms with Gasteiger partial charge >= 0.3 is 0 Å². The van der Waals surface area contributed by atoms with Crippen LogP contribution in [0.5, 0.6) is 0 Å². The van der Waals surface area contributed by atoms with Gasteiger partial charge in [-0.15, -0.1) is 5.10 Å². The Balaban J connectivity index is 1.69. The first-order valence-electron chi connectivity index (χ1n) is 7.08. The molecule has 0 fully saturated rings. The average Bonchev–Trinajstić information content (AvgIpc) is 2.89. The molecule has 1 N–H and O–H groups in total. The summed E-state index contributed by atoms with van der Waals surface area (Å²) >= 11 is 3.45. The predicted octanol–water partition coefficient (Wildman–Crippen LogP) is 2.76. The second kappa shape index (κ2) is 8.26. The van der Waals surface area contributed by atoms with Gasteiger partial charge in [-0.2, -0.15) is 0 Å². The van der Waals surface area contributed by atoms with Crippen molar-refractivity contribution in [3.63, 3.8) is 0 Å². The monoisotopic (exact) mass is 352 g/mol. The third kappa shape index (κ3) is 5.95. The zero-order chi connectivity index (χ0) is 15.1. The fourth-order valence-electron chi connectivity index (χ4n) is 1.81. The first kappa shape index (κ1) is 16.1. The van der Waals surface area contributed by atoms with Crippen LogP contribution >= 0.6 is 15.9 Å². The van der Waals surface area contributed by atoms with Crippen molar-refractivity contribution in [1.82, 2.24) is 20.3 Å². The van der Waals surface area contributed by atoms with Crippen molar-refractivity contribution in [3.8, 4) is 0 Å². The van der Waals surface area contributed by atoms with E-state index in [-0.39, 0.29) is 0 Å². The molecule has 114 valence electrons. The van der Waals surface area contributed by atoms with Crippen LogP contribution in [-0.4, -0.2) is 27.6 Å². The van der Waals surface area contributed by atoms with Crippen molar-refractivity contribution in [2.45, 2.75) is 39.6 Å². The maximum absolute atomic E-state index is 5.66. The highest BCUT2D eigenvalue weighted by molar-refractivity contribution is 9.10. The number of hydrogen-bond acceptors (Lipinski definition) is 4. The van der Waals surface area contributed by atoms with E-state index in [2.05, 4.69) is 57.5 Å². The van der Waals surface area contributed by atoms with E-state index in [0.29, 0.717) is 25.8 Å². The van der Waals surface area contributed by atoms with E-state index < -0.39 is 0 Å². The van der Waals surface area contributed by atoms with Gasteiger partial charge in [0.05, 0.1) is 25.5 Å². The molecule has 0 saturated heterocycles. The minimum absolute atomic E-state index is 0.448. The SMILES string of the molecule is CC(C)NCc1cn(CCOCc2cccc(Br)c2)nn1. The number of rotatable bonds is 8. The number of halogens is 1. The molecule has 2 aromatic rings. The van der Waals surface area contributed by atoms with Crippen LogP contribution in [0, 0.1) is 0 Å². The van der Waals surface area contributed by atoms with Crippen molar-refractivity contribution in [2.75, 3.05) is 6.61 Å².